The first kappa shape index (κ1) is 18.0. The van der Waals surface area contributed by atoms with E-state index >= 15 is 0 Å². The van der Waals surface area contributed by atoms with Crippen molar-refractivity contribution in [3.05, 3.63) is 46.0 Å². The summed E-state index contributed by atoms with van der Waals surface area (Å²) in [6, 6.07) is 8.16. The van der Waals surface area contributed by atoms with E-state index in [2.05, 4.69) is 55.3 Å². The number of anilines is 1. The Labute approximate surface area is 144 Å². The summed E-state index contributed by atoms with van der Waals surface area (Å²) in [4.78, 5) is 0. The molecule has 128 valence electrons. The van der Waals surface area contributed by atoms with Gasteiger partial charge in [0.25, 0.3) is 0 Å². The predicted molar refractivity (Wildman–Crippen MR) is 101 cm³/mol. The van der Waals surface area contributed by atoms with E-state index < -0.39 is 0 Å². The highest BCUT2D eigenvalue weighted by molar-refractivity contribution is 5.54. The van der Waals surface area contributed by atoms with Crippen molar-refractivity contribution >= 4 is 17.0 Å². The van der Waals surface area contributed by atoms with Gasteiger partial charge in [0.1, 0.15) is 5.75 Å². The average molecular weight is 325 g/mol. The van der Waals surface area contributed by atoms with E-state index in [9.17, 15) is 0 Å². The van der Waals surface area contributed by atoms with Gasteiger partial charge in [0.15, 0.2) is 5.82 Å². The Balaban J connectivity index is 2.23. The summed E-state index contributed by atoms with van der Waals surface area (Å²) < 4.78 is 5.19. The van der Waals surface area contributed by atoms with Gasteiger partial charge < -0.3 is 10.1 Å². The van der Waals surface area contributed by atoms with Crippen molar-refractivity contribution in [2.45, 2.75) is 41.0 Å². The third kappa shape index (κ3) is 4.13. The Hall–Kier alpha value is -2.36. The highest BCUT2D eigenvalue weighted by Crippen LogP contribution is 2.11. The Kier molecular flexibility index (Phi) is 5.96. The fourth-order valence-electron chi connectivity index (χ4n) is 2.86. The van der Waals surface area contributed by atoms with Crippen molar-refractivity contribution in [2.24, 2.45) is 0 Å². The molecule has 0 aliphatic rings. The first-order chi connectivity index (χ1) is 11.4. The zero-order valence-electron chi connectivity index (χ0n) is 15.5. The van der Waals surface area contributed by atoms with Gasteiger partial charge in [0.2, 0.25) is 0 Å². The lowest BCUT2D eigenvalue weighted by atomic mass is 10.1. The number of hydrogen-bond acceptors (Lipinski definition) is 4. The molecule has 1 aromatic carbocycles. The molecule has 0 spiro atoms. The molecular formula is C20H27N3O. The molecule has 0 aliphatic carbocycles. The highest BCUT2D eigenvalue weighted by atomic mass is 16.5. The van der Waals surface area contributed by atoms with E-state index in [4.69, 9.17) is 4.74 Å². The van der Waals surface area contributed by atoms with Crippen molar-refractivity contribution in [3.8, 4) is 5.75 Å². The number of aromatic nitrogens is 2. The van der Waals surface area contributed by atoms with Crippen LogP contribution >= 0.6 is 0 Å². The van der Waals surface area contributed by atoms with Crippen molar-refractivity contribution in [1.29, 1.82) is 0 Å². The first-order valence-corrected chi connectivity index (χ1v) is 8.29. The minimum Gasteiger partial charge on any atom is -0.497 e. The molecule has 0 saturated carbocycles. The van der Waals surface area contributed by atoms with E-state index in [1.807, 2.05) is 19.1 Å². The second kappa shape index (κ2) is 7.95. The van der Waals surface area contributed by atoms with E-state index in [1.54, 1.807) is 7.11 Å². The molecule has 1 N–H and O–H groups in total. The van der Waals surface area contributed by atoms with Gasteiger partial charge in [-0.2, -0.15) is 5.10 Å². The SMILES string of the molecule is COc1ccc(CCNc2nnc(C)c(=C(C)C)c2=C(C)C)cc1. The van der Waals surface area contributed by atoms with Crippen molar-refractivity contribution in [3.63, 3.8) is 0 Å². The molecule has 0 fully saturated rings. The summed E-state index contributed by atoms with van der Waals surface area (Å²) in [5.41, 5.74) is 4.75. The van der Waals surface area contributed by atoms with Gasteiger partial charge in [-0.3, -0.25) is 0 Å². The molecule has 2 rings (SSSR count). The molecule has 0 amide bonds. The summed E-state index contributed by atoms with van der Waals surface area (Å²) in [6.45, 7) is 11.3. The smallest absolute Gasteiger partial charge is 0.156 e. The van der Waals surface area contributed by atoms with Crippen LogP contribution in [-0.2, 0) is 6.42 Å². The minimum absolute atomic E-state index is 0.812. The van der Waals surface area contributed by atoms with E-state index in [1.165, 1.54) is 27.1 Å². The first-order valence-electron chi connectivity index (χ1n) is 8.29. The Morgan fingerprint density at radius 3 is 2.12 bits per heavy atom. The zero-order valence-corrected chi connectivity index (χ0v) is 15.5. The Bertz CT molecular complexity index is 815. The maximum Gasteiger partial charge on any atom is 0.156 e. The standard InChI is InChI=1S/C20H27N3O/c1-13(2)18-15(5)22-23-20(19(18)14(3)4)21-12-11-16-7-9-17(24-6)10-8-16/h7-10H,11-12H2,1-6H3,(H,21,23). The third-order valence-electron chi connectivity index (χ3n) is 4.01. The van der Waals surface area contributed by atoms with Crippen LogP contribution in [0.5, 0.6) is 5.75 Å². The van der Waals surface area contributed by atoms with Crippen LogP contribution in [0.2, 0.25) is 0 Å². The summed E-state index contributed by atoms with van der Waals surface area (Å²) >= 11 is 0. The van der Waals surface area contributed by atoms with Crippen molar-refractivity contribution in [1.82, 2.24) is 10.2 Å². The van der Waals surface area contributed by atoms with Crippen LogP contribution in [0.1, 0.15) is 39.0 Å². The zero-order chi connectivity index (χ0) is 17.7. The minimum atomic E-state index is 0.812. The lowest BCUT2D eigenvalue weighted by Gasteiger charge is -2.10. The molecule has 1 aromatic heterocycles. The maximum absolute atomic E-state index is 5.19. The second-order valence-corrected chi connectivity index (χ2v) is 6.41. The number of rotatable bonds is 5. The lowest BCUT2D eigenvalue weighted by molar-refractivity contribution is 0.414. The van der Waals surface area contributed by atoms with Crippen LogP contribution in [0.15, 0.2) is 24.3 Å². The number of nitrogens with one attached hydrogen (secondary N) is 1. The monoisotopic (exact) mass is 325 g/mol. The molecule has 0 radical (unpaired) electrons. The number of hydrogen-bond donors (Lipinski definition) is 1. The number of benzene rings is 1. The molecular weight excluding hydrogens is 298 g/mol. The molecule has 1 heterocycles. The predicted octanol–water partition coefficient (Wildman–Crippen LogP) is 2.83. The molecule has 0 aliphatic heterocycles. The van der Waals surface area contributed by atoms with Crippen LogP contribution < -0.4 is 20.5 Å². The molecule has 0 unspecified atom stereocenters. The van der Waals surface area contributed by atoms with E-state index in [-0.39, 0.29) is 0 Å². The van der Waals surface area contributed by atoms with Crippen LogP contribution in [0.4, 0.5) is 5.82 Å². The normalized spacial score (nSPS) is 10.4. The maximum atomic E-state index is 5.19. The van der Waals surface area contributed by atoms with Crippen LogP contribution in [-0.4, -0.2) is 23.9 Å². The van der Waals surface area contributed by atoms with Crippen molar-refractivity contribution < 1.29 is 4.74 Å². The Morgan fingerprint density at radius 2 is 1.58 bits per heavy atom. The average Bonchev–Trinajstić information content (AvgIpc) is 2.55. The van der Waals surface area contributed by atoms with E-state index in [0.717, 1.165) is 30.2 Å². The summed E-state index contributed by atoms with van der Waals surface area (Å²) in [5.74, 6) is 1.75. The van der Waals surface area contributed by atoms with E-state index in [0.29, 0.717) is 0 Å². The fourth-order valence-corrected chi connectivity index (χ4v) is 2.86. The topological polar surface area (TPSA) is 47.0 Å². The molecule has 0 atom stereocenters. The van der Waals surface area contributed by atoms with Gasteiger partial charge in [-0.15, -0.1) is 5.10 Å². The van der Waals surface area contributed by atoms with Gasteiger partial charge in [-0.25, -0.2) is 0 Å². The van der Waals surface area contributed by atoms with Gasteiger partial charge >= 0.3 is 0 Å². The van der Waals surface area contributed by atoms with Gasteiger partial charge in [-0.05, 0) is 58.7 Å². The number of methoxy groups -OCH3 is 1. The largest absolute Gasteiger partial charge is 0.497 e. The third-order valence-corrected chi connectivity index (χ3v) is 4.01. The van der Waals surface area contributed by atoms with Crippen LogP contribution in [0, 0.1) is 6.92 Å². The quantitative estimate of drug-likeness (QED) is 0.918. The number of ether oxygens (including phenoxy) is 1. The van der Waals surface area contributed by atoms with Crippen LogP contribution in [0.25, 0.3) is 11.1 Å². The lowest BCUT2D eigenvalue weighted by Crippen LogP contribution is -2.36. The van der Waals surface area contributed by atoms with Gasteiger partial charge in [0, 0.05) is 17.0 Å². The molecule has 24 heavy (non-hydrogen) atoms. The molecule has 2 aromatic rings. The summed E-state index contributed by atoms with van der Waals surface area (Å²) in [6.07, 6.45) is 0.923. The summed E-state index contributed by atoms with van der Waals surface area (Å²) in [5, 5.41) is 14.6. The molecule has 0 bridgehead atoms. The van der Waals surface area contributed by atoms with Crippen molar-refractivity contribution in [2.75, 3.05) is 19.0 Å². The molecule has 4 nitrogen and oxygen atoms in total. The highest BCUT2D eigenvalue weighted by Gasteiger charge is 2.06. The van der Waals surface area contributed by atoms with Gasteiger partial charge in [0.05, 0.1) is 12.8 Å². The summed E-state index contributed by atoms with van der Waals surface area (Å²) in [7, 11) is 1.68. The second-order valence-electron chi connectivity index (χ2n) is 6.41. The Morgan fingerprint density at radius 1 is 0.958 bits per heavy atom. The number of nitrogens with zero attached hydrogens (tertiary/aromatic N) is 2. The molecule has 4 heteroatoms. The van der Waals surface area contributed by atoms with Gasteiger partial charge in [-0.1, -0.05) is 23.3 Å². The van der Waals surface area contributed by atoms with Crippen LogP contribution in [0.3, 0.4) is 0 Å². The number of aryl methyl sites for hydroxylation is 1. The fraction of sp³-hybridized carbons (Fsp3) is 0.400. The molecule has 0 saturated heterocycles.